The van der Waals surface area contributed by atoms with Gasteiger partial charge in [0.15, 0.2) is 0 Å². The van der Waals surface area contributed by atoms with Crippen molar-refractivity contribution >= 4 is 16.0 Å². The van der Waals surface area contributed by atoms with Gasteiger partial charge in [-0.15, -0.1) is 0 Å². The van der Waals surface area contributed by atoms with Crippen molar-refractivity contribution in [3.05, 3.63) is 30.3 Å². The highest BCUT2D eigenvalue weighted by Crippen LogP contribution is 2.18. The van der Waals surface area contributed by atoms with Crippen molar-refractivity contribution in [2.75, 3.05) is 13.6 Å². The van der Waals surface area contributed by atoms with Crippen LogP contribution in [0.25, 0.3) is 0 Å². The van der Waals surface area contributed by atoms with Gasteiger partial charge in [-0.2, -0.15) is 0 Å². The second-order valence-electron chi connectivity index (χ2n) is 5.81. The smallest absolute Gasteiger partial charge is 0.306 e. The molecule has 0 bridgehead atoms. The van der Waals surface area contributed by atoms with Gasteiger partial charge >= 0.3 is 5.97 Å². The van der Waals surface area contributed by atoms with Crippen LogP contribution in [0.4, 0.5) is 0 Å². The summed E-state index contributed by atoms with van der Waals surface area (Å²) < 4.78 is 26.0. The monoisotopic (exact) mass is 341 g/mol. The molecule has 1 atom stereocenters. The predicted molar refractivity (Wildman–Crippen MR) is 90.8 cm³/mol. The molecule has 6 heteroatoms. The fourth-order valence-corrected chi connectivity index (χ4v) is 3.69. The van der Waals surface area contributed by atoms with Crippen LogP contribution in [-0.4, -0.2) is 37.4 Å². The summed E-state index contributed by atoms with van der Waals surface area (Å²) in [7, 11) is -1.89. The molecule has 0 heterocycles. The molecule has 0 radical (unpaired) electrons. The molecular weight excluding hydrogens is 314 g/mol. The number of hydrogen-bond acceptors (Lipinski definition) is 3. The number of carboxylic acids is 1. The highest BCUT2D eigenvalue weighted by molar-refractivity contribution is 7.89. The van der Waals surface area contributed by atoms with Gasteiger partial charge in [-0.1, -0.05) is 44.4 Å². The highest BCUT2D eigenvalue weighted by atomic mass is 32.2. The fraction of sp³-hybridized carbons (Fsp3) is 0.588. The first kappa shape index (κ1) is 19.6. The summed E-state index contributed by atoms with van der Waals surface area (Å²) in [5, 5.41) is 9.18. The lowest BCUT2D eigenvalue weighted by molar-refractivity contribution is -0.142. The van der Waals surface area contributed by atoms with Crippen molar-refractivity contribution in [2.45, 2.75) is 50.3 Å². The number of sulfonamides is 1. The maximum absolute atomic E-state index is 12.3. The normalized spacial score (nSPS) is 13.2. The summed E-state index contributed by atoms with van der Waals surface area (Å²) in [5.74, 6) is -1.06. The first-order valence-electron chi connectivity index (χ1n) is 8.13. The molecule has 130 valence electrons. The average molecular weight is 341 g/mol. The van der Waals surface area contributed by atoms with Crippen LogP contribution in [0.1, 0.15) is 45.4 Å². The minimum atomic E-state index is -3.45. The molecule has 1 rings (SSSR count). The van der Waals surface area contributed by atoms with Crippen LogP contribution in [-0.2, 0) is 14.8 Å². The Hall–Kier alpha value is -1.40. The Kier molecular flexibility index (Phi) is 8.26. The summed E-state index contributed by atoms with van der Waals surface area (Å²) in [5.41, 5.74) is 0. The molecule has 0 amide bonds. The molecule has 1 aromatic rings. The lowest BCUT2D eigenvalue weighted by atomic mass is 9.96. The fourth-order valence-electron chi connectivity index (χ4n) is 2.46. The van der Waals surface area contributed by atoms with E-state index in [0.717, 1.165) is 19.3 Å². The Morgan fingerprint density at radius 1 is 1.13 bits per heavy atom. The number of benzene rings is 1. The summed E-state index contributed by atoms with van der Waals surface area (Å²) >= 11 is 0. The molecule has 0 aromatic heterocycles. The number of nitrogens with zero attached hydrogens (tertiary/aromatic N) is 1. The van der Waals surface area contributed by atoms with Gasteiger partial charge in [0.05, 0.1) is 10.8 Å². The second-order valence-corrected chi connectivity index (χ2v) is 7.86. The van der Waals surface area contributed by atoms with Gasteiger partial charge in [0.25, 0.3) is 0 Å². The highest BCUT2D eigenvalue weighted by Gasteiger charge is 2.20. The number of aliphatic carboxylic acids is 1. The van der Waals surface area contributed by atoms with Crippen LogP contribution in [0, 0.1) is 5.92 Å². The minimum Gasteiger partial charge on any atom is -0.481 e. The van der Waals surface area contributed by atoms with E-state index in [1.807, 2.05) is 6.92 Å². The van der Waals surface area contributed by atoms with E-state index in [1.54, 1.807) is 37.4 Å². The largest absolute Gasteiger partial charge is 0.481 e. The van der Waals surface area contributed by atoms with Crippen LogP contribution in [0.5, 0.6) is 0 Å². The van der Waals surface area contributed by atoms with Crippen molar-refractivity contribution in [1.82, 2.24) is 4.31 Å². The van der Waals surface area contributed by atoms with E-state index in [9.17, 15) is 18.3 Å². The van der Waals surface area contributed by atoms with Crippen LogP contribution < -0.4 is 0 Å². The Morgan fingerprint density at radius 2 is 1.74 bits per heavy atom. The van der Waals surface area contributed by atoms with E-state index in [2.05, 4.69) is 0 Å². The maximum atomic E-state index is 12.3. The third-order valence-corrected chi connectivity index (χ3v) is 5.85. The standard InChI is InChI=1S/C17H27NO4S/c1-3-4-10-15(17(19)20)11-8-9-14-18(2)23(21,22)16-12-6-5-7-13-16/h5-7,12-13,15H,3-4,8-11,14H2,1-2H3,(H,19,20)/t15-/m0/s1. The SMILES string of the molecule is CCCC[C@@H](CCCCN(C)S(=O)(=O)c1ccccc1)C(=O)O. The topological polar surface area (TPSA) is 74.7 Å². The summed E-state index contributed by atoms with van der Waals surface area (Å²) in [4.78, 5) is 11.5. The molecule has 0 spiro atoms. The Bertz CT molecular complexity index is 572. The van der Waals surface area contributed by atoms with Crippen LogP contribution in [0.15, 0.2) is 35.2 Å². The van der Waals surface area contributed by atoms with E-state index in [4.69, 9.17) is 0 Å². The van der Waals surface area contributed by atoms with E-state index in [-0.39, 0.29) is 10.8 Å². The zero-order valence-corrected chi connectivity index (χ0v) is 14.8. The Labute approximate surface area is 139 Å². The zero-order valence-electron chi connectivity index (χ0n) is 13.9. The summed E-state index contributed by atoms with van der Waals surface area (Å²) in [6, 6.07) is 8.34. The van der Waals surface area contributed by atoms with Crippen molar-refractivity contribution in [1.29, 1.82) is 0 Å². The zero-order chi connectivity index (χ0) is 17.3. The molecule has 0 aliphatic rings. The average Bonchev–Trinajstić information content (AvgIpc) is 2.54. The second kappa shape index (κ2) is 9.67. The van der Waals surface area contributed by atoms with Gasteiger partial charge in [0.2, 0.25) is 10.0 Å². The lowest BCUT2D eigenvalue weighted by Crippen LogP contribution is -2.28. The molecule has 0 saturated carbocycles. The molecular formula is C17H27NO4S. The van der Waals surface area contributed by atoms with Crippen LogP contribution in [0.2, 0.25) is 0 Å². The van der Waals surface area contributed by atoms with E-state index in [0.29, 0.717) is 25.8 Å². The molecule has 5 nitrogen and oxygen atoms in total. The molecule has 23 heavy (non-hydrogen) atoms. The van der Waals surface area contributed by atoms with Gasteiger partial charge in [-0.05, 0) is 31.4 Å². The van der Waals surface area contributed by atoms with Crippen molar-refractivity contribution in [2.24, 2.45) is 5.92 Å². The molecule has 0 unspecified atom stereocenters. The van der Waals surface area contributed by atoms with E-state index < -0.39 is 16.0 Å². The number of hydrogen-bond donors (Lipinski definition) is 1. The van der Waals surface area contributed by atoms with Gasteiger partial charge in [0.1, 0.15) is 0 Å². The van der Waals surface area contributed by atoms with Crippen LogP contribution >= 0.6 is 0 Å². The third kappa shape index (κ3) is 6.31. The predicted octanol–water partition coefficient (Wildman–Crippen LogP) is 3.37. The van der Waals surface area contributed by atoms with Gasteiger partial charge in [0, 0.05) is 13.6 Å². The molecule has 0 fully saturated rings. The molecule has 0 aliphatic heterocycles. The Balaban J connectivity index is 2.44. The number of carbonyl (C=O) groups is 1. The lowest BCUT2D eigenvalue weighted by Gasteiger charge is -2.18. The molecule has 1 N–H and O–H groups in total. The minimum absolute atomic E-state index is 0.286. The van der Waals surface area contributed by atoms with Gasteiger partial charge in [-0.3, -0.25) is 4.79 Å². The van der Waals surface area contributed by atoms with Gasteiger partial charge < -0.3 is 5.11 Å². The molecule has 0 saturated heterocycles. The van der Waals surface area contributed by atoms with Crippen molar-refractivity contribution in [3.8, 4) is 0 Å². The van der Waals surface area contributed by atoms with E-state index in [1.165, 1.54) is 4.31 Å². The third-order valence-electron chi connectivity index (χ3n) is 3.98. The number of unbranched alkanes of at least 4 members (excludes halogenated alkanes) is 2. The van der Waals surface area contributed by atoms with Crippen LogP contribution in [0.3, 0.4) is 0 Å². The number of carboxylic acid groups (broad SMARTS) is 1. The Morgan fingerprint density at radius 3 is 2.30 bits per heavy atom. The first-order chi connectivity index (χ1) is 10.9. The maximum Gasteiger partial charge on any atom is 0.306 e. The van der Waals surface area contributed by atoms with Gasteiger partial charge in [-0.25, -0.2) is 12.7 Å². The number of rotatable bonds is 11. The van der Waals surface area contributed by atoms with E-state index >= 15 is 0 Å². The molecule has 0 aliphatic carbocycles. The quantitative estimate of drug-likeness (QED) is 0.626. The molecule has 1 aromatic carbocycles. The summed E-state index contributed by atoms with van der Waals surface area (Å²) in [6.45, 7) is 2.44. The van der Waals surface area contributed by atoms with Crippen molar-refractivity contribution in [3.63, 3.8) is 0 Å². The van der Waals surface area contributed by atoms with Crippen molar-refractivity contribution < 1.29 is 18.3 Å². The summed E-state index contributed by atoms with van der Waals surface area (Å²) in [6.07, 6.45) is 4.59. The first-order valence-corrected chi connectivity index (χ1v) is 9.57.